The summed E-state index contributed by atoms with van der Waals surface area (Å²) in [4.78, 5) is 38.1. The number of hydrogen-bond acceptors (Lipinski definition) is 4. The second kappa shape index (κ2) is 12.4. The molecule has 0 aromatic rings. The van der Waals surface area contributed by atoms with E-state index < -0.39 is 17.9 Å². The Morgan fingerprint density at radius 1 is 1.21 bits per heavy atom. The molecular weight excluding hydrogens is 366 g/mol. The number of allylic oxidation sites excluding steroid dienone is 4. The molecule has 1 saturated heterocycles. The lowest BCUT2D eigenvalue weighted by atomic mass is 9.93. The van der Waals surface area contributed by atoms with Gasteiger partial charge in [0, 0.05) is 25.3 Å². The number of Topliss-reactive ketones (excluding diaryl/α,β-unsaturated/α-hetero) is 2. The van der Waals surface area contributed by atoms with Gasteiger partial charge in [-0.05, 0) is 51.4 Å². The second-order valence-corrected chi connectivity index (χ2v) is 8.37. The van der Waals surface area contributed by atoms with Crippen molar-refractivity contribution in [2.45, 2.75) is 78.2 Å². The largest absolute Gasteiger partial charge is 0.480 e. The molecule has 162 valence electrons. The maximum absolute atomic E-state index is 12.7. The predicted octanol–water partition coefficient (Wildman–Crippen LogP) is 4.93. The van der Waals surface area contributed by atoms with Crippen LogP contribution < -0.4 is 0 Å². The number of likely N-dealkylation sites (tertiary alicyclic amines) is 1. The zero-order valence-corrected chi connectivity index (χ0v) is 18.3. The monoisotopic (exact) mass is 403 g/mol. The van der Waals surface area contributed by atoms with Gasteiger partial charge in [-0.2, -0.15) is 0 Å². The third-order valence-corrected chi connectivity index (χ3v) is 5.53. The Kier molecular flexibility index (Phi) is 10.6. The molecule has 29 heavy (non-hydrogen) atoms. The number of carbonyl (C=O) groups is 3. The zero-order valence-electron chi connectivity index (χ0n) is 18.3. The van der Waals surface area contributed by atoms with Crippen LogP contribution in [0, 0.1) is 11.8 Å². The van der Waals surface area contributed by atoms with Crippen molar-refractivity contribution in [3.63, 3.8) is 0 Å². The van der Waals surface area contributed by atoms with Gasteiger partial charge in [-0.3, -0.25) is 9.59 Å². The summed E-state index contributed by atoms with van der Waals surface area (Å²) in [7, 11) is 0. The molecule has 0 spiro atoms. The summed E-state index contributed by atoms with van der Waals surface area (Å²) >= 11 is 0. The first kappa shape index (κ1) is 24.9. The average Bonchev–Trinajstić information content (AvgIpc) is 2.66. The minimum Gasteiger partial charge on any atom is -0.480 e. The average molecular weight is 404 g/mol. The van der Waals surface area contributed by atoms with E-state index in [2.05, 4.69) is 33.1 Å². The van der Waals surface area contributed by atoms with Gasteiger partial charge in [0.25, 0.3) is 0 Å². The first-order chi connectivity index (χ1) is 13.7. The number of carboxylic acid groups (broad SMARTS) is 1. The van der Waals surface area contributed by atoms with E-state index in [1.807, 2.05) is 6.08 Å². The van der Waals surface area contributed by atoms with Gasteiger partial charge in [-0.1, -0.05) is 38.2 Å². The van der Waals surface area contributed by atoms with E-state index in [-0.39, 0.29) is 23.7 Å². The third-order valence-electron chi connectivity index (χ3n) is 5.53. The van der Waals surface area contributed by atoms with Crippen molar-refractivity contribution >= 4 is 17.5 Å². The number of carbonyl (C=O) groups excluding carboxylic acids is 2. The molecule has 1 fully saturated rings. The predicted molar refractivity (Wildman–Crippen MR) is 117 cm³/mol. The lowest BCUT2D eigenvalue weighted by Crippen LogP contribution is -2.46. The summed E-state index contributed by atoms with van der Waals surface area (Å²) in [5.41, 5.74) is 1.50. The van der Waals surface area contributed by atoms with Gasteiger partial charge >= 0.3 is 5.97 Å². The van der Waals surface area contributed by atoms with Crippen molar-refractivity contribution in [1.29, 1.82) is 0 Å². The molecule has 0 aromatic carbocycles. The number of hydrogen-bond donors (Lipinski definition) is 1. The summed E-state index contributed by atoms with van der Waals surface area (Å²) in [6, 6.07) is -0.693. The molecule has 0 bridgehead atoms. The second-order valence-electron chi connectivity index (χ2n) is 8.37. The molecule has 1 heterocycles. The highest BCUT2D eigenvalue weighted by Crippen LogP contribution is 2.24. The quantitative estimate of drug-likeness (QED) is 0.348. The molecule has 3 unspecified atom stereocenters. The Morgan fingerprint density at radius 2 is 1.90 bits per heavy atom. The summed E-state index contributed by atoms with van der Waals surface area (Å²) in [6.07, 6.45) is 9.56. The molecule has 1 aliphatic heterocycles. The Labute approximate surface area is 175 Å². The molecule has 0 aromatic heterocycles. The first-order valence-corrected chi connectivity index (χ1v) is 10.7. The van der Waals surface area contributed by atoms with Gasteiger partial charge in [0.1, 0.15) is 11.8 Å². The molecule has 3 atom stereocenters. The molecule has 5 heteroatoms. The maximum atomic E-state index is 12.7. The lowest BCUT2D eigenvalue weighted by Gasteiger charge is -2.36. The minimum absolute atomic E-state index is 0.0685. The van der Waals surface area contributed by atoms with E-state index in [1.165, 1.54) is 5.57 Å². The minimum atomic E-state index is -0.923. The van der Waals surface area contributed by atoms with Crippen molar-refractivity contribution in [2.75, 3.05) is 6.54 Å². The molecule has 1 aliphatic rings. The van der Waals surface area contributed by atoms with Crippen LogP contribution in [0.4, 0.5) is 0 Å². The highest BCUT2D eigenvalue weighted by molar-refractivity contribution is 5.98. The number of ketones is 2. The van der Waals surface area contributed by atoms with Gasteiger partial charge in [0.05, 0.1) is 5.70 Å². The van der Waals surface area contributed by atoms with Gasteiger partial charge in [-0.25, -0.2) is 4.79 Å². The Balaban J connectivity index is 2.49. The van der Waals surface area contributed by atoms with Crippen molar-refractivity contribution in [2.24, 2.45) is 11.8 Å². The summed E-state index contributed by atoms with van der Waals surface area (Å²) in [6.45, 7) is 14.1. The molecule has 1 N–H and O–H groups in total. The van der Waals surface area contributed by atoms with E-state index >= 15 is 0 Å². The number of aliphatic carboxylic acids is 1. The zero-order chi connectivity index (χ0) is 22.0. The number of rotatable bonds is 13. The fourth-order valence-electron chi connectivity index (χ4n) is 3.94. The van der Waals surface area contributed by atoms with Crippen LogP contribution in [-0.4, -0.2) is 40.1 Å². The molecular formula is C24H37NO4. The van der Waals surface area contributed by atoms with Crippen LogP contribution in [0.2, 0.25) is 0 Å². The normalized spacial score (nSPS) is 19.3. The van der Waals surface area contributed by atoms with E-state index in [4.69, 9.17) is 0 Å². The van der Waals surface area contributed by atoms with Gasteiger partial charge in [-0.15, -0.1) is 6.58 Å². The van der Waals surface area contributed by atoms with Crippen LogP contribution in [0.3, 0.4) is 0 Å². The van der Waals surface area contributed by atoms with Crippen LogP contribution in [-0.2, 0) is 14.4 Å². The molecule has 0 aliphatic carbocycles. The van der Waals surface area contributed by atoms with Crippen molar-refractivity contribution < 1.29 is 19.5 Å². The lowest BCUT2D eigenvalue weighted by molar-refractivity contribution is -0.144. The van der Waals surface area contributed by atoms with Crippen LogP contribution in [0.1, 0.15) is 72.1 Å². The summed E-state index contributed by atoms with van der Waals surface area (Å²) in [5.74, 6) is -1.10. The number of carboxylic acids is 1. The smallest absolute Gasteiger partial charge is 0.326 e. The first-order valence-electron chi connectivity index (χ1n) is 10.7. The molecule has 0 radical (unpaired) electrons. The Bertz CT molecular complexity index is 649. The van der Waals surface area contributed by atoms with E-state index in [1.54, 1.807) is 11.8 Å². The third kappa shape index (κ3) is 8.38. The SMILES string of the molecule is C=CCC(C)/C=C(\C)CCCC(=O)CC(C)C(=O)C(=C)N1CCCCC1C(=O)O. The molecule has 0 saturated carbocycles. The maximum Gasteiger partial charge on any atom is 0.326 e. The van der Waals surface area contributed by atoms with Crippen LogP contribution in [0.15, 0.2) is 36.6 Å². The van der Waals surface area contributed by atoms with Gasteiger partial charge in [0.2, 0.25) is 0 Å². The fraction of sp³-hybridized carbons (Fsp3) is 0.625. The Hall–Kier alpha value is -2.17. The highest BCUT2D eigenvalue weighted by Gasteiger charge is 2.33. The molecule has 5 nitrogen and oxygen atoms in total. The van der Waals surface area contributed by atoms with E-state index in [9.17, 15) is 19.5 Å². The van der Waals surface area contributed by atoms with Crippen LogP contribution in [0.5, 0.6) is 0 Å². The van der Waals surface area contributed by atoms with Crippen molar-refractivity contribution in [3.05, 3.63) is 36.6 Å². The van der Waals surface area contributed by atoms with Gasteiger partial charge in [0.15, 0.2) is 5.78 Å². The summed E-state index contributed by atoms with van der Waals surface area (Å²) < 4.78 is 0. The Morgan fingerprint density at radius 3 is 2.52 bits per heavy atom. The van der Waals surface area contributed by atoms with Crippen LogP contribution in [0.25, 0.3) is 0 Å². The van der Waals surface area contributed by atoms with Crippen molar-refractivity contribution in [3.8, 4) is 0 Å². The van der Waals surface area contributed by atoms with Crippen molar-refractivity contribution in [1.82, 2.24) is 4.90 Å². The van der Waals surface area contributed by atoms with E-state index in [0.717, 1.165) is 32.1 Å². The topological polar surface area (TPSA) is 74.7 Å². The van der Waals surface area contributed by atoms with Crippen LogP contribution >= 0.6 is 0 Å². The summed E-state index contributed by atoms with van der Waals surface area (Å²) in [5, 5.41) is 9.39. The highest BCUT2D eigenvalue weighted by atomic mass is 16.4. The molecule has 0 amide bonds. The number of nitrogens with zero attached hydrogens (tertiary/aromatic N) is 1. The van der Waals surface area contributed by atoms with E-state index in [0.29, 0.717) is 25.3 Å². The molecule has 1 rings (SSSR count). The van der Waals surface area contributed by atoms with Gasteiger partial charge < -0.3 is 10.0 Å². The standard InChI is InChI=1S/C24H37NO4/c1-6-10-17(2)15-18(3)11-9-12-21(26)16-19(4)23(27)20(5)25-14-8-7-13-22(25)24(28)29/h6,15,17,19,22H,1,5,7-14,16H2,2-4H3,(H,28,29)/b18-15+. The number of piperidine rings is 1. The fourth-order valence-corrected chi connectivity index (χ4v) is 3.94.